The number of hydrogen-bond donors (Lipinski definition) is 1. The minimum Gasteiger partial charge on any atom is -0.495 e. The highest BCUT2D eigenvalue weighted by atomic mass is 33.1. The highest BCUT2D eigenvalue weighted by Crippen LogP contribution is 2.29. The van der Waals surface area contributed by atoms with E-state index in [1.54, 1.807) is 21.6 Å². The van der Waals surface area contributed by atoms with Crippen LogP contribution in [0.3, 0.4) is 0 Å². The summed E-state index contributed by atoms with van der Waals surface area (Å²) in [7, 11) is 3.27. The Labute approximate surface area is 200 Å². The van der Waals surface area contributed by atoms with Crippen molar-refractivity contribution in [3.63, 3.8) is 0 Å². The zero-order valence-corrected chi connectivity index (χ0v) is 21.9. The number of hydrogen-bond acceptors (Lipinski definition) is 9. The Morgan fingerprint density at radius 3 is 1.62 bits per heavy atom. The van der Waals surface area contributed by atoms with Crippen molar-refractivity contribution >= 4 is 45.2 Å². The molecule has 0 aliphatic carbocycles. The molecule has 4 atom stereocenters. The Balaban J connectivity index is 1.99. The zero-order chi connectivity index (χ0) is 23.7. The smallest absolute Gasteiger partial charge is 0.210 e. The van der Waals surface area contributed by atoms with Gasteiger partial charge < -0.3 is 19.3 Å². The van der Waals surface area contributed by atoms with Crippen LogP contribution >= 0.6 is 21.6 Å². The van der Waals surface area contributed by atoms with E-state index in [4.69, 9.17) is 24.2 Å². The second-order valence-corrected chi connectivity index (χ2v) is 10.7. The summed E-state index contributed by atoms with van der Waals surface area (Å²) in [6.45, 7) is 15.8. The third-order valence-electron chi connectivity index (χ3n) is 4.87. The van der Waals surface area contributed by atoms with Gasteiger partial charge in [-0.2, -0.15) is 0 Å². The summed E-state index contributed by atoms with van der Waals surface area (Å²) < 4.78 is 17.3. The van der Waals surface area contributed by atoms with Crippen LogP contribution < -0.4 is 0 Å². The van der Waals surface area contributed by atoms with E-state index in [2.05, 4.69) is 23.8 Å². The fourth-order valence-electron chi connectivity index (χ4n) is 3.27. The predicted octanol–water partition coefficient (Wildman–Crippen LogP) is 4.44. The van der Waals surface area contributed by atoms with Crippen molar-refractivity contribution in [3.05, 3.63) is 0 Å². The van der Waals surface area contributed by atoms with Crippen molar-refractivity contribution in [2.45, 2.75) is 72.6 Å². The molecule has 32 heavy (non-hydrogen) atoms. The molecule has 182 valence electrons. The van der Waals surface area contributed by atoms with E-state index in [9.17, 15) is 5.11 Å². The number of aliphatic hydroxyl groups is 1. The molecule has 0 saturated carbocycles. The van der Waals surface area contributed by atoms with E-state index in [0.29, 0.717) is 49.0 Å². The van der Waals surface area contributed by atoms with Gasteiger partial charge in [0.15, 0.2) is 0 Å². The quantitative estimate of drug-likeness (QED) is 0.362. The van der Waals surface area contributed by atoms with Crippen LogP contribution in [0.15, 0.2) is 20.0 Å². The van der Waals surface area contributed by atoms with Gasteiger partial charge in [-0.05, 0) is 32.6 Å². The number of rotatable bonds is 10. The maximum Gasteiger partial charge on any atom is 0.210 e. The molecule has 0 aromatic rings. The molecule has 0 radical (unpaired) electrons. The fraction of sp³-hybridized carbons (Fsp3) is 0.818. The van der Waals surface area contributed by atoms with E-state index in [-0.39, 0.29) is 35.9 Å². The molecule has 0 bridgehead atoms. The van der Waals surface area contributed by atoms with Crippen LogP contribution in [0.5, 0.6) is 0 Å². The molecule has 0 unspecified atom stereocenters. The summed E-state index contributed by atoms with van der Waals surface area (Å²) in [5.74, 6) is 3.80. The van der Waals surface area contributed by atoms with Crippen LogP contribution in [-0.4, -0.2) is 84.2 Å². The fourth-order valence-corrected chi connectivity index (χ4v) is 5.51. The Morgan fingerprint density at radius 2 is 1.12 bits per heavy atom. The van der Waals surface area contributed by atoms with E-state index in [0.717, 1.165) is 0 Å². The van der Waals surface area contributed by atoms with Gasteiger partial charge in [-0.1, -0.05) is 49.3 Å². The third kappa shape index (κ3) is 7.30. The normalized spacial score (nSPS) is 25.8. The summed E-state index contributed by atoms with van der Waals surface area (Å²) in [4.78, 5) is 18.7. The lowest BCUT2D eigenvalue weighted by Gasteiger charge is -2.28. The van der Waals surface area contributed by atoms with Crippen LogP contribution in [-0.2, 0) is 14.2 Å². The van der Waals surface area contributed by atoms with Crippen LogP contribution in [0, 0.1) is 11.8 Å². The molecule has 10 heteroatoms. The summed E-state index contributed by atoms with van der Waals surface area (Å²) in [6, 6.07) is -0.925. The Hall–Kier alpha value is -1.42. The first-order valence-electron chi connectivity index (χ1n) is 11.4. The highest BCUT2D eigenvalue weighted by Gasteiger charge is 2.33. The highest BCUT2D eigenvalue weighted by molar-refractivity contribution is 8.76. The van der Waals surface area contributed by atoms with E-state index in [1.165, 1.54) is 0 Å². The molecular weight excluding hydrogens is 448 g/mol. The number of nitrogens with zero attached hydrogens (tertiary/aromatic N) is 4. The van der Waals surface area contributed by atoms with Crippen molar-refractivity contribution in [1.82, 2.24) is 0 Å². The molecule has 2 rings (SSSR count). The van der Waals surface area contributed by atoms with Gasteiger partial charge in [-0.25, -0.2) is 20.0 Å². The standard InChI is InChI=1S/C22H38N4O4S2/c1-8-28-20-16(24-22(30-10-3)18(26-20)14(6)7)12-32-31-11-15-19(27)25-17(13(4)5)21(23-15)29-9-2/h13-18H,8-12H2,1-7H3,(H,25,27)/t15-,16-,17+,18+/m0/s1. The lowest BCUT2D eigenvalue weighted by molar-refractivity contribution is 0.278. The molecule has 2 aliphatic heterocycles. The van der Waals surface area contributed by atoms with Gasteiger partial charge in [0, 0.05) is 11.5 Å². The van der Waals surface area contributed by atoms with Crippen molar-refractivity contribution in [3.8, 4) is 0 Å². The summed E-state index contributed by atoms with van der Waals surface area (Å²) >= 11 is 0. The maximum atomic E-state index is 10.4. The molecule has 1 N–H and O–H groups in total. The van der Waals surface area contributed by atoms with Gasteiger partial charge in [-0.15, -0.1) is 0 Å². The minimum atomic E-state index is -0.400. The van der Waals surface area contributed by atoms with Gasteiger partial charge in [0.1, 0.15) is 24.2 Å². The molecule has 2 aliphatic rings. The minimum absolute atomic E-state index is 0.0749. The first-order valence-corrected chi connectivity index (χ1v) is 13.9. The topological polar surface area (TPSA) is 97.4 Å². The van der Waals surface area contributed by atoms with Crippen molar-refractivity contribution in [2.75, 3.05) is 31.3 Å². The number of aliphatic hydroxyl groups excluding tert-OH is 1. The monoisotopic (exact) mass is 486 g/mol. The second-order valence-electron chi connectivity index (χ2n) is 8.17. The first-order chi connectivity index (χ1) is 15.3. The number of aliphatic imine (C=N–C) groups is 4. The Bertz CT molecular complexity index is 725. The van der Waals surface area contributed by atoms with Crippen molar-refractivity contribution < 1.29 is 19.3 Å². The molecule has 0 saturated heterocycles. The molecular formula is C22H38N4O4S2. The summed E-state index contributed by atoms with van der Waals surface area (Å²) in [6.07, 6.45) is 0. The van der Waals surface area contributed by atoms with E-state index in [1.807, 2.05) is 34.6 Å². The lowest BCUT2D eigenvalue weighted by atomic mass is 10.0. The zero-order valence-electron chi connectivity index (χ0n) is 20.3. The van der Waals surface area contributed by atoms with Gasteiger partial charge in [0.05, 0.1) is 19.8 Å². The molecule has 0 aromatic heterocycles. The third-order valence-corrected chi connectivity index (χ3v) is 7.25. The van der Waals surface area contributed by atoms with Gasteiger partial charge >= 0.3 is 0 Å². The van der Waals surface area contributed by atoms with Gasteiger partial charge in [-0.3, -0.25) is 0 Å². The summed E-state index contributed by atoms with van der Waals surface area (Å²) in [5.41, 5.74) is 0. The second kappa shape index (κ2) is 13.3. The van der Waals surface area contributed by atoms with Crippen molar-refractivity contribution in [1.29, 1.82) is 0 Å². The average Bonchev–Trinajstić information content (AvgIpc) is 2.74. The molecule has 0 aromatic carbocycles. The van der Waals surface area contributed by atoms with Crippen LogP contribution in [0.25, 0.3) is 0 Å². The van der Waals surface area contributed by atoms with Gasteiger partial charge in [0.2, 0.25) is 23.6 Å². The largest absolute Gasteiger partial charge is 0.495 e. The molecule has 8 nitrogen and oxygen atoms in total. The Kier molecular flexibility index (Phi) is 11.2. The van der Waals surface area contributed by atoms with Gasteiger partial charge in [0.25, 0.3) is 0 Å². The number of ether oxygens (including phenoxy) is 3. The molecule has 0 spiro atoms. The van der Waals surface area contributed by atoms with E-state index < -0.39 is 6.04 Å². The summed E-state index contributed by atoms with van der Waals surface area (Å²) in [5, 5.41) is 10.4. The average molecular weight is 487 g/mol. The van der Waals surface area contributed by atoms with Crippen LogP contribution in [0.4, 0.5) is 0 Å². The van der Waals surface area contributed by atoms with Crippen molar-refractivity contribution in [2.24, 2.45) is 31.8 Å². The van der Waals surface area contributed by atoms with E-state index >= 15 is 0 Å². The van der Waals surface area contributed by atoms with Crippen LogP contribution in [0.2, 0.25) is 0 Å². The Morgan fingerprint density at radius 1 is 0.688 bits per heavy atom. The maximum absolute atomic E-state index is 10.4. The SMILES string of the molecule is CCOC1=N[C@H](C(C)C)C(OCC)=N[C@H]1CSSC[C@@H]1N=C(OCC)[C@@H](C(C)C)N=C1O. The first kappa shape index (κ1) is 26.8. The molecule has 0 fully saturated rings. The molecule has 0 amide bonds. The predicted molar refractivity (Wildman–Crippen MR) is 137 cm³/mol. The molecule has 2 heterocycles. The lowest BCUT2D eigenvalue weighted by Crippen LogP contribution is -2.39. The van der Waals surface area contributed by atoms with Crippen LogP contribution in [0.1, 0.15) is 48.5 Å².